The van der Waals surface area contributed by atoms with Crippen molar-refractivity contribution in [2.24, 2.45) is 0 Å². The first-order valence-electron chi connectivity index (χ1n) is 1.91. The molecule has 0 rings (SSSR count). The topological polar surface area (TPSA) is 23.8 Å². The Balaban J connectivity index is 3.66. The lowest BCUT2D eigenvalue weighted by Gasteiger charge is -1.98. The Morgan fingerprint density at radius 2 is 2.14 bits per heavy atom. The molecule has 0 amide bonds. The van der Waals surface area contributed by atoms with Gasteiger partial charge in [0, 0.05) is 6.42 Å². The smallest absolute Gasteiger partial charge is 0.192 e. The zero-order chi connectivity index (χ0) is 5.91. The minimum absolute atomic E-state index is 0.399. The molecule has 0 aliphatic heterocycles. The molecule has 0 heterocycles. The van der Waals surface area contributed by atoms with Crippen molar-refractivity contribution in [3.05, 3.63) is 0 Å². The van der Waals surface area contributed by atoms with Crippen LogP contribution in [0.1, 0.15) is 13.3 Å². The number of halogens is 2. The Hall–Kier alpha value is -0.650. The number of hydrogen-bond donors (Lipinski definition) is 0. The van der Waals surface area contributed by atoms with Crippen LogP contribution in [0, 0.1) is 11.3 Å². The molecular formula is C4H5F2N. The summed E-state index contributed by atoms with van der Waals surface area (Å²) >= 11 is 0. The van der Waals surface area contributed by atoms with Gasteiger partial charge in [-0.05, 0) is 0 Å². The molecule has 0 N–H and O–H groups in total. The summed E-state index contributed by atoms with van der Waals surface area (Å²) in [7, 11) is 0. The zero-order valence-electron chi connectivity index (χ0n) is 3.91. The predicted octanol–water partition coefficient (Wildman–Crippen LogP) is 1.56. The fourth-order valence-corrected chi connectivity index (χ4v) is 0.0791. The summed E-state index contributed by atoms with van der Waals surface area (Å²) in [4.78, 5) is 0. The van der Waals surface area contributed by atoms with E-state index in [1.165, 1.54) is 6.92 Å². The van der Waals surface area contributed by atoms with Crippen LogP contribution in [-0.2, 0) is 0 Å². The van der Waals surface area contributed by atoms with Crippen molar-refractivity contribution in [3.8, 4) is 6.07 Å². The predicted molar refractivity (Wildman–Crippen MR) is 20.9 cm³/mol. The van der Waals surface area contributed by atoms with Gasteiger partial charge < -0.3 is 0 Å². The first-order chi connectivity index (χ1) is 3.12. The van der Waals surface area contributed by atoms with Crippen LogP contribution in [0.4, 0.5) is 8.78 Å². The van der Waals surface area contributed by atoms with Crippen molar-refractivity contribution in [1.82, 2.24) is 0 Å². The molecule has 0 aliphatic rings. The van der Waals surface area contributed by atoms with Crippen LogP contribution in [0.3, 0.4) is 0 Å². The standard InChI is InChI=1S/C4H5F2N/c1-2-4(5,6)3-7/h2H2,1H3. The lowest BCUT2D eigenvalue weighted by atomic mass is 10.3. The van der Waals surface area contributed by atoms with Crippen molar-refractivity contribution in [1.29, 1.82) is 5.26 Å². The number of rotatable bonds is 1. The van der Waals surface area contributed by atoms with Gasteiger partial charge in [-0.2, -0.15) is 14.0 Å². The largest absolute Gasteiger partial charge is 0.331 e. The summed E-state index contributed by atoms with van der Waals surface area (Å²) in [5.74, 6) is -3.11. The SMILES string of the molecule is CCC(F)(F)C#N. The molecule has 0 aromatic heterocycles. The van der Waals surface area contributed by atoms with Gasteiger partial charge in [-0.15, -0.1) is 0 Å². The Bertz CT molecular complexity index is 92.4. The van der Waals surface area contributed by atoms with Crippen molar-refractivity contribution >= 4 is 0 Å². The van der Waals surface area contributed by atoms with Gasteiger partial charge in [0.1, 0.15) is 6.07 Å². The lowest BCUT2D eigenvalue weighted by molar-refractivity contribution is 0.0599. The highest BCUT2D eigenvalue weighted by atomic mass is 19.3. The van der Waals surface area contributed by atoms with Gasteiger partial charge >= 0.3 is 5.92 Å². The van der Waals surface area contributed by atoms with Gasteiger partial charge in [0.05, 0.1) is 0 Å². The summed E-state index contributed by atoms with van der Waals surface area (Å²) in [6.07, 6.45) is -0.399. The minimum atomic E-state index is -3.11. The highest BCUT2D eigenvalue weighted by Crippen LogP contribution is 2.14. The highest BCUT2D eigenvalue weighted by Gasteiger charge is 2.23. The van der Waals surface area contributed by atoms with E-state index >= 15 is 0 Å². The molecule has 0 atom stereocenters. The average Bonchev–Trinajstić information content (AvgIpc) is 1.68. The van der Waals surface area contributed by atoms with Crippen molar-refractivity contribution in [3.63, 3.8) is 0 Å². The summed E-state index contributed by atoms with van der Waals surface area (Å²) in [5.41, 5.74) is 0. The zero-order valence-corrected chi connectivity index (χ0v) is 3.91. The van der Waals surface area contributed by atoms with E-state index in [1.54, 1.807) is 0 Å². The van der Waals surface area contributed by atoms with Crippen molar-refractivity contribution < 1.29 is 8.78 Å². The van der Waals surface area contributed by atoms with E-state index in [0.29, 0.717) is 0 Å². The molecule has 0 aromatic carbocycles. The van der Waals surface area contributed by atoms with E-state index < -0.39 is 12.3 Å². The van der Waals surface area contributed by atoms with E-state index in [-0.39, 0.29) is 0 Å². The fraction of sp³-hybridized carbons (Fsp3) is 0.750. The average molecular weight is 105 g/mol. The van der Waals surface area contributed by atoms with Gasteiger partial charge in [0.2, 0.25) is 0 Å². The van der Waals surface area contributed by atoms with E-state index in [0.717, 1.165) is 6.07 Å². The molecule has 0 saturated carbocycles. The quantitative estimate of drug-likeness (QED) is 0.496. The van der Waals surface area contributed by atoms with Gasteiger partial charge in [0.15, 0.2) is 0 Å². The number of nitrogens with zero attached hydrogens (tertiary/aromatic N) is 1. The molecule has 0 fully saturated rings. The normalized spacial score (nSPS) is 10.6. The second-order valence-corrected chi connectivity index (χ2v) is 1.17. The molecule has 0 radical (unpaired) electrons. The van der Waals surface area contributed by atoms with Crippen LogP contribution in [0.15, 0.2) is 0 Å². The van der Waals surface area contributed by atoms with E-state index in [1.807, 2.05) is 0 Å². The molecule has 40 valence electrons. The summed E-state index contributed by atoms with van der Waals surface area (Å²) in [6, 6.07) is 0.858. The molecule has 0 aliphatic carbocycles. The van der Waals surface area contributed by atoms with E-state index in [2.05, 4.69) is 0 Å². The molecule has 3 heteroatoms. The fourth-order valence-electron chi connectivity index (χ4n) is 0.0791. The molecule has 0 aromatic rings. The third-order valence-corrected chi connectivity index (χ3v) is 0.608. The summed E-state index contributed by atoms with van der Waals surface area (Å²) in [6.45, 7) is 1.27. The van der Waals surface area contributed by atoms with Gasteiger partial charge in [-0.1, -0.05) is 6.92 Å². The Morgan fingerprint density at radius 3 is 2.14 bits per heavy atom. The monoisotopic (exact) mass is 105 g/mol. The van der Waals surface area contributed by atoms with Gasteiger partial charge in [-0.3, -0.25) is 0 Å². The van der Waals surface area contributed by atoms with Crippen LogP contribution < -0.4 is 0 Å². The molecule has 0 saturated heterocycles. The third kappa shape index (κ3) is 2.10. The number of nitriles is 1. The third-order valence-electron chi connectivity index (χ3n) is 0.608. The van der Waals surface area contributed by atoms with Gasteiger partial charge in [0.25, 0.3) is 0 Å². The number of hydrogen-bond acceptors (Lipinski definition) is 1. The minimum Gasteiger partial charge on any atom is -0.192 e. The summed E-state index contributed by atoms with van der Waals surface area (Å²) < 4.78 is 23.0. The second-order valence-electron chi connectivity index (χ2n) is 1.17. The summed E-state index contributed by atoms with van der Waals surface area (Å²) in [5, 5.41) is 7.59. The lowest BCUT2D eigenvalue weighted by Crippen LogP contribution is -2.08. The molecule has 1 nitrogen and oxygen atoms in total. The molecule has 0 bridgehead atoms. The molecule has 0 unspecified atom stereocenters. The van der Waals surface area contributed by atoms with Crippen LogP contribution >= 0.6 is 0 Å². The maximum Gasteiger partial charge on any atom is 0.331 e. The van der Waals surface area contributed by atoms with E-state index in [4.69, 9.17) is 5.26 Å². The maximum atomic E-state index is 11.5. The first-order valence-corrected chi connectivity index (χ1v) is 1.91. The Morgan fingerprint density at radius 1 is 1.71 bits per heavy atom. The second kappa shape index (κ2) is 1.87. The van der Waals surface area contributed by atoms with Crippen molar-refractivity contribution in [2.75, 3.05) is 0 Å². The maximum absolute atomic E-state index is 11.5. The molecule has 0 spiro atoms. The van der Waals surface area contributed by atoms with E-state index in [9.17, 15) is 8.78 Å². The van der Waals surface area contributed by atoms with Crippen LogP contribution in [0.5, 0.6) is 0 Å². The first kappa shape index (κ1) is 6.35. The van der Waals surface area contributed by atoms with Gasteiger partial charge in [-0.25, -0.2) is 0 Å². The van der Waals surface area contributed by atoms with Crippen LogP contribution in [0.2, 0.25) is 0 Å². The Labute approximate surface area is 40.6 Å². The highest BCUT2D eigenvalue weighted by molar-refractivity contribution is 4.89. The van der Waals surface area contributed by atoms with Crippen molar-refractivity contribution in [2.45, 2.75) is 19.3 Å². The molecule has 7 heavy (non-hydrogen) atoms. The van der Waals surface area contributed by atoms with Crippen LogP contribution in [0.25, 0.3) is 0 Å². The molecular weight excluding hydrogens is 100 g/mol. The Kier molecular flexibility index (Phi) is 1.70. The number of alkyl halides is 2. The van der Waals surface area contributed by atoms with Crippen LogP contribution in [-0.4, -0.2) is 5.92 Å².